The number of aliphatic hydroxyl groups is 1. The Labute approximate surface area is 233 Å². The average Bonchev–Trinajstić information content (AvgIpc) is 3.38. The van der Waals surface area contributed by atoms with Crippen molar-refractivity contribution >= 4 is 17.3 Å². The summed E-state index contributed by atoms with van der Waals surface area (Å²) in [5.41, 5.74) is 1.43. The topological polar surface area (TPSA) is 74.2 Å². The molecule has 6 nitrogen and oxygen atoms in total. The quantitative estimate of drug-likeness (QED) is 0.293. The van der Waals surface area contributed by atoms with Gasteiger partial charge in [-0.15, -0.1) is 0 Å². The summed E-state index contributed by atoms with van der Waals surface area (Å²) in [4.78, 5) is 13.1. The van der Waals surface area contributed by atoms with Crippen molar-refractivity contribution in [1.29, 1.82) is 0 Å². The molecule has 1 aromatic rings. The van der Waals surface area contributed by atoms with Gasteiger partial charge in [-0.3, -0.25) is 0 Å². The minimum atomic E-state index is -0.812. The number of cyclic esters (lactones) is 1. The third kappa shape index (κ3) is 6.44. The highest BCUT2D eigenvalue weighted by Gasteiger charge is 2.52. The number of carbonyl (C=O) groups is 1. The van der Waals surface area contributed by atoms with E-state index in [4.69, 9.17) is 18.9 Å². The van der Waals surface area contributed by atoms with E-state index >= 15 is 0 Å². The molecule has 0 radical (unpaired) electrons. The molecule has 1 N–H and O–H groups in total. The second kappa shape index (κ2) is 12.8. The Kier molecular flexibility index (Phi) is 10.4. The number of rotatable bonds is 9. The monoisotopic (exact) mass is 548 g/mol. The number of allylic oxidation sites excluding steroid dienone is 1. The lowest BCUT2D eigenvalue weighted by molar-refractivity contribution is -0.172. The number of esters is 1. The number of aliphatic hydroxyl groups excluding tert-OH is 1. The molecule has 0 aromatic carbocycles. The Balaban J connectivity index is 2.02. The van der Waals surface area contributed by atoms with Gasteiger partial charge < -0.3 is 24.1 Å². The summed E-state index contributed by atoms with van der Waals surface area (Å²) in [6.07, 6.45) is 5.63. The van der Waals surface area contributed by atoms with E-state index < -0.39 is 29.9 Å². The summed E-state index contributed by atoms with van der Waals surface area (Å²) in [7, 11) is 3.30. The molecule has 0 bridgehead atoms. The molecule has 1 aromatic heterocycles. The third-order valence-electron chi connectivity index (χ3n) is 8.97. The minimum Gasteiger partial charge on any atom is -0.457 e. The maximum atomic E-state index is 13.1. The van der Waals surface area contributed by atoms with Crippen LogP contribution >= 0.6 is 11.3 Å². The van der Waals surface area contributed by atoms with Gasteiger partial charge in [-0.05, 0) is 71.9 Å². The highest BCUT2D eigenvalue weighted by atomic mass is 32.1. The van der Waals surface area contributed by atoms with Crippen LogP contribution in [0.2, 0.25) is 0 Å². The number of fused-ring (bicyclic) bond motifs is 1. The first-order chi connectivity index (χ1) is 17.9. The van der Waals surface area contributed by atoms with Crippen LogP contribution in [0.4, 0.5) is 0 Å². The normalized spacial score (nSPS) is 36.1. The van der Waals surface area contributed by atoms with Gasteiger partial charge in [-0.1, -0.05) is 52.8 Å². The summed E-state index contributed by atoms with van der Waals surface area (Å²) < 4.78 is 24.4. The largest absolute Gasteiger partial charge is 0.457 e. The molecule has 0 saturated carbocycles. The van der Waals surface area contributed by atoms with Crippen molar-refractivity contribution in [3.8, 4) is 0 Å². The van der Waals surface area contributed by atoms with E-state index in [1.165, 1.54) is 12.7 Å². The lowest BCUT2D eigenvalue weighted by atomic mass is 9.58. The lowest BCUT2D eigenvalue weighted by Crippen LogP contribution is -2.53. The first kappa shape index (κ1) is 31.0. The molecule has 9 atom stereocenters. The van der Waals surface area contributed by atoms with E-state index in [-0.39, 0.29) is 29.3 Å². The Morgan fingerprint density at radius 3 is 2.50 bits per heavy atom. The highest BCUT2D eigenvalue weighted by molar-refractivity contribution is 7.07. The number of thiophene rings is 1. The van der Waals surface area contributed by atoms with Crippen LogP contribution in [-0.4, -0.2) is 55.3 Å². The zero-order valence-corrected chi connectivity index (χ0v) is 25.4. The molecule has 214 valence electrons. The molecule has 0 saturated heterocycles. The molecule has 2 aliphatic rings. The van der Waals surface area contributed by atoms with Crippen LogP contribution in [0.25, 0.3) is 0 Å². The van der Waals surface area contributed by atoms with Crippen molar-refractivity contribution in [2.45, 2.75) is 97.9 Å². The van der Waals surface area contributed by atoms with Crippen LogP contribution in [0, 0.1) is 29.1 Å². The molecule has 0 spiro atoms. The standard InChI is InChI=1S/C31H48O6S/c1-19(2)27(36-16-24-11-13-38-17-24)22(5)30(7)12-10-25-15-26(34-8)29(33)37-28(23(6)32)20(3)14-21(4)31(25,18-30)35-9/h10-14,17,19-20,22-23,25-28,32H,15-16,18H2,1-9H3/b21-14+/t20-,22+,23-,25-,26+,27-,28+,30-,31+/m1/s1. The van der Waals surface area contributed by atoms with Crippen LogP contribution in [0.1, 0.15) is 66.9 Å². The zero-order valence-electron chi connectivity index (χ0n) is 24.6. The van der Waals surface area contributed by atoms with E-state index in [2.05, 4.69) is 69.7 Å². The second-order valence-electron chi connectivity index (χ2n) is 12.0. The van der Waals surface area contributed by atoms with Gasteiger partial charge >= 0.3 is 5.97 Å². The molecule has 1 aliphatic heterocycles. The fourth-order valence-electron chi connectivity index (χ4n) is 6.51. The summed E-state index contributed by atoms with van der Waals surface area (Å²) in [5.74, 6) is -0.181. The molecular weight excluding hydrogens is 500 g/mol. The number of ether oxygens (including phenoxy) is 4. The van der Waals surface area contributed by atoms with Crippen LogP contribution in [-0.2, 0) is 30.3 Å². The summed E-state index contributed by atoms with van der Waals surface area (Å²) in [5, 5.41) is 14.7. The van der Waals surface area contributed by atoms with E-state index in [0.717, 1.165) is 12.0 Å². The van der Waals surface area contributed by atoms with E-state index in [0.29, 0.717) is 18.9 Å². The number of carbonyl (C=O) groups excluding carboxylic acids is 1. The Bertz CT molecular complexity index is 969. The van der Waals surface area contributed by atoms with Crippen molar-refractivity contribution in [2.24, 2.45) is 29.1 Å². The fraction of sp³-hybridized carbons (Fsp3) is 0.710. The van der Waals surface area contributed by atoms with E-state index in [1.54, 1.807) is 25.4 Å². The highest BCUT2D eigenvalue weighted by Crippen LogP contribution is 2.52. The minimum absolute atomic E-state index is 0.0547. The third-order valence-corrected chi connectivity index (χ3v) is 9.70. The molecule has 3 rings (SSSR count). The smallest absolute Gasteiger partial charge is 0.335 e. The maximum absolute atomic E-state index is 13.1. The van der Waals surface area contributed by atoms with Gasteiger partial charge in [0, 0.05) is 26.1 Å². The van der Waals surface area contributed by atoms with Crippen molar-refractivity contribution in [3.05, 3.63) is 46.2 Å². The Hall–Kier alpha value is -1.51. The van der Waals surface area contributed by atoms with Gasteiger partial charge in [0.2, 0.25) is 0 Å². The summed E-state index contributed by atoms with van der Waals surface area (Å²) >= 11 is 1.69. The molecule has 7 heteroatoms. The lowest BCUT2D eigenvalue weighted by Gasteiger charge is -2.52. The maximum Gasteiger partial charge on any atom is 0.335 e. The van der Waals surface area contributed by atoms with Gasteiger partial charge in [0.1, 0.15) is 6.10 Å². The average molecular weight is 549 g/mol. The number of hydrogen-bond acceptors (Lipinski definition) is 7. The molecule has 0 fully saturated rings. The Morgan fingerprint density at radius 2 is 1.95 bits per heavy atom. The summed E-state index contributed by atoms with van der Waals surface area (Å²) in [6, 6.07) is 2.12. The molecule has 38 heavy (non-hydrogen) atoms. The molecule has 2 heterocycles. The van der Waals surface area contributed by atoms with Crippen LogP contribution in [0.15, 0.2) is 40.6 Å². The first-order valence-corrected chi connectivity index (χ1v) is 14.8. The van der Waals surface area contributed by atoms with Gasteiger partial charge in [0.05, 0.1) is 24.4 Å². The predicted molar refractivity (Wildman–Crippen MR) is 152 cm³/mol. The van der Waals surface area contributed by atoms with Gasteiger partial charge in [0.25, 0.3) is 0 Å². The first-order valence-electron chi connectivity index (χ1n) is 13.9. The van der Waals surface area contributed by atoms with Crippen molar-refractivity contribution in [1.82, 2.24) is 0 Å². The number of hydrogen-bond donors (Lipinski definition) is 1. The fourth-order valence-corrected chi connectivity index (χ4v) is 7.16. The van der Waals surface area contributed by atoms with Gasteiger partial charge in [-0.25, -0.2) is 4.79 Å². The van der Waals surface area contributed by atoms with E-state index in [9.17, 15) is 9.90 Å². The van der Waals surface area contributed by atoms with Gasteiger partial charge in [-0.2, -0.15) is 11.3 Å². The van der Waals surface area contributed by atoms with Crippen molar-refractivity contribution in [3.63, 3.8) is 0 Å². The SMILES string of the molecule is CO[C@H]1C[C@H]2C=C[C@@](C)([C@@H](C)[C@H](OCc3ccsc3)C(C)C)C[C@]2(OC)/C(C)=C/[C@@H](C)[C@@H]([C@@H](C)O)OC1=O. The molecule has 0 amide bonds. The molecule has 0 unspecified atom stereocenters. The number of methoxy groups -OCH3 is 2. The van der Waals surface area contributed by atoms with Crippen molar-refractivity contribution in [2.75, 3.05) is 14.2 Å². The Morgan fingerprint density at radius 1 is 1.24 bits per heavy atom. The van der Waals surface area contributed by atoms with Crippen LogP contribution in [0.3, 0.4) is 0 Å². The van der Waals surface area contributed by atoms with E-state index in [1.807, 2.05) is 6.92 Å². The zero-order chi connectivity index (χ0) is 28.3. The van der Waals surface area contributed by atoms with Crippen molar-refractivity contribution < 1.29 is 28.8 Å². The van der Waals surface area contributed by atoms with Gasteiger partial charge in [0.15, 0.2) is 6.10 Å². The molecular formula is C31H48O6S. The van der Waals surface area contributed by atoms with Crippen LogP contribution < -0.4 is 0 Å². The van der Waals surface area contributed by atoms with Crippen LogP contribution in [0.5, 0.6) is 0 Å². The second-order valence-corrected chi connectivity index (χ2v) is 12.8. The molecule has 1 aliphatic carbocycles. The summed E-state index contributed by atoms with van der Waals surface area (Å²) in [6.45, 7) is 15.4. The predicted octanol–water partition coefficient (Wildman–Crippen LogP) is 6.19.